The van der Waals surface area contributed by atoms with E-state index in [1.807, 2.05) is 18.2 Å². The Kier molecular flexibility index (Phi) is 7.34. The number of rotatable bonds is 9. The van der Waals surface area contributed by atoms with Crippen molar-refractivity contribution in [3.05, 3.63) is 29.8 Å². The Balaban J connectivity index is 1.70. The Bertz CT molecular complexity index is 464. The molecule has 4 heteroatoms. The maximum Gasteiger partial charge on any atom is 0.137 e. The molecule has 130 valence electrons. The summed E-state index contributed by atoms with van der Waals surface area (Å²) in [7, 11) is 0. The number of hydrogen-bond donors (Lipinski definition) is 3. The second-order valence-corrected chi connectivity index (χ2v) is 7.02. The van der Waals surface area contributed by atoms with Crippen LogP contribution in [0.2, 0.25) is 0 Å². The van der Waals surface area contributed by atoms with E-state index in [1.54, 1.807) is 4.90 Å². The fourth-order valence-corrected chi connectivity index (χ4v) is 3.57. The van der Waals surface area contributed by atoms with E-state index in [2.05, 4.69) is 32.2 Å². The molecule has 0 amide bonds. The third-order valence-corrected chi connectivity index (χ3v) is 4.94. The van der Waals surface area contributed by atoms with E-state index in [9.17, 15) is 5.11 Å². The first kappa shape index (κ1) is 18.2. The first-order chi connectivity index (χ1) is 11.1. The normalized spacial score (nSPS) is 22.5. The van der Waals surface area contributed by atoms with Crippen LogP contribution in [-0.2, 0) is 0 Å². The van der Waals surface area contributed by atoms with Gasteiger partial charge in [-0.25, -0.2) is 0 Å². The van der Waals surface area contributed by atoms with Crippen molar-refractivity contribution in [1.82, 2.24) is 0 Å². The summed E-state index contributed by atoms with van der Waals surface area (Å²) in [4.78, 5) is 1.72. The van der Waals surface area contributed by atoms with Gasteiger partial charge in [-0.15, -0.1) is 0 Å². The van der Waals surface area contributed by atoms with Gasteiger partial charge in [-0.05, 0) is 24.5 Å². The molecule has 0 bridgehead atoms. The molecule has 1 aliphatic heterocycles. The quantitative estimate of drug-likeness (QED) is 0.607. The minimum absolute atomic E-state index is 0.370. The molecule has 0 saturated carbocycles. The first-order valence-corrected chi connectivity index (χ1v) is 9.17. The smallest absolute Gasteiger partial charge is 0.137 e. The van der Waals surface area contributed by atoms with Gasteiger partial charge in [-0.2, -0.15) is 0 Å². The zero-order valence-corrected chi connectivity index (χ0v) is 14.9. The second-order valence-electron chi connectivity index (χ2n) is 7.02. The summed E-state index contributed by atoms with van der Waals surface area (Å²) in [5, 5.41) is 12.4. The average Bonchev–Trinajstić information content (AvgIpc) is 3.00. The van der Waals surface area contributed by atoms with Gasteiger partial charge in [0, 0.05) is 12.8 Å². The van der Waals surface area contributed by atoms with Crippen LogP contribution in [-0.4, -0.2) is 50.0 Å². The van der Waals surface area contributed by atoms with Crippen LogP contribution in [0.1, 0.15) is 45.1 Å². The van der Waals surface area contributed by atoms with Crippen LogP contribution in [0.15, 0.2) is 24.3 Å². The highest BCUT2D eigenvalue weighted by Gasteiger charge is 2.28. The largest absolute Gasteiger partial charge is 0.490 e. The lowest BCUT2D eigenvalue weighted by atomic mass is 10.0. The number of nitrogens with one attached hydrogen (secondary N) is 1. The minimum atomic E-state index is -0.415. The summed E-state index contributed by atoms with van der Waals surface area (Å²) in [5.41, 5.74) is 1.21. The third-order valence-electron chi connectivity index (χ3n) is 4.94. The van der Waals surface area contributed by atoms with Crippen molar-refractivity contribution < 1.29 is 20.1 Å². The van der Waals surface area contributed by atoms with E-state index in [0.29, 0.717) is 12.5 Å². The van der Waals surface area contributed by atoms with Gasteiger partial charge in [0.25, 0.3) is 0 Å². The van der Waals surface area contributed by atoms with E-state index >= 15 is 0 Å². The monoisotopic (exact) mass is 322 g/mol. The molecule has 1 aromatic carbocycles. The average molecular weight is 322 g/mol. The van der Waals surface area contributed by atoms with Crippen LogP contribution < -0.4 is 15.0 Å². The molecular formula is C19H34N2O2+2. The van der Waals surface area contributed by atoms with Gasteiger partial charge < -0.3 is 20.1 Å². The van der Waals surface area contributed by atoms with E-state index in [1.165, 1.54) is 31.5 Å². The van der Waals surface area contributed by atoms with Crippen molar-refractivity contribution in [1.29, 1.82) is 0 Å². The number of likely N-dealkylation sites (tertiary alicyclic amines) is 1. The topological polar surface area (TPSA) is 50.5 Å². The molecule has 1 unspecified atom stereocenters. The van der Waals surface area contributed by atoms with Crippen LogP contribution in [0.4, 0.5) is 0 Å². The zero-order valence-electron chi connectivity index (χ0n) is 14.9. The first-order valence-electron chi connectivity index (χ1n) is 9.17. The van der Waals surface area contributed by atoms with Crippen LogP contribution in [0.5, 0.6) is 5.75 Å². The number of likely N-dealkylation sites (N-methyl/N-ethyl adjacent to an activating group) is 1. The fraction of sp³-hybridized carbons (Fsp3) is 0.684. The maximum absolute atomic E-state index is 10.2. The molecule has 2 rings (SSSR count). The Morgan fingerprint density at radius 2 is 2.13 bits per heavy atom. The lowest BCUT2D eigenvalue weighted by molar-refractivity contribution is -0.924. The predicted molar refractivity (Wildman–Crippen MR) is 93.1 cm³/mol. The van der Waals surface area contributed by atoms with Crippen molar-refractivity contribution in [3.63, 3.8) is 0 Å². The molecule has 4 nitrogen and oxygen atoms in total. The van der Waals surface area contributed by atoms with Gasteiger partial charge in [-0.3, -0.25) is 0 Å². The lowest BCUT2D eigenvalue weighted by Gasteiger charge is -2.19. The number of quaternary nitrogens is 2. The van der Waals surface area contributed by atoms with Crippen molar-refractivity contribution in [2.45, 2.75) is 51.7 Å². The third kappa shape index (κ3) is 5.48. The van der Waals surface area contributed by atoms with Crippen molar-refractivity contribution in [3.8, 4) is 5.75 Å². The second kappa shape index (κ2) is 9.26. The number of benzene rings is 1. The van der Waals surface area contributed by atoms with Crippen molar-refractivity contribution in [2.24, 2.45) is 0 Å². The molecule has 4 N–H and O–H groups in total. The summed E-state index contributed by atoms with van der Waals surface area (Å²) in [6.07, 6.45) is 2.26. The highest BCUT2D eigenvalue weighted by atomic mass is 16.5. The van der Waals surface area contributed by atoms with Gasteiger partial charge in [0.2, 0.25) is 0 Å². The van der Waals surface area contributed by atoms with E-state index in [0.717, 1.165) is 24.9 Å². The molecule has 0 spiro atoms. The summed E-state index contributed by atoms with van der Waals surface area (Å²) >= 11 is 0. The SMILES string of the molecule is CC[NH+]1CCC[C@@H]1C[NH2+]C[C@H](O)COc1ccccc1C(C)C. The number of nitrogens with two attached hydrogens (primary N) is 1. The highest BCUT2D eigenvalue weighted by Crippen LogP contribution is 2.25. The number of hydrogen-bond acceptors (Lipinski definition) is 2. The molecule has 1 heterocycles. The van der Waals surface area contributed by atoms with Gasteiger partial charge in [0.05, 0.1) is 13.1 Å². The standard InChI is InChI=1S/C19H32N2O2/c1-4-21-11-7-8-16(21)12-20-13-17(22)14-23-19-10-6-5-9-18(19)15(2)3/h5-6,9-10,15-17,20,22H,4,7-8,11-14H2,1-3H3/p+2/t16-,17+/m1/s1. The van der Waals surface area contributed by atoms with E-state index < -0.39 is 6.10 Å². The molecule has 1 aliphatic rings. The molecule has 1 aromatic rings. The molecule has 0 aromatic heterocycles. The molecule has 1 saturated heterocycles. The molecule has 0 aliphatic carbocycles. The van der Waals surface area contributed by atoms with E-state index in [-0.39, 0.29) is 0 Å². The van der Waals surface area contributed by atoms with Crippen LogP contribution in [0.3, 0.4) is 0 Å². The minimum Gasteiger partial charge on any atom is -0.490 e. The predicted octanol–water partition coefficient (Wildman–Crippen LogP) is 0.180. The number of aliphatic hydroxyl groups excluding tert-OH is 1. The Morgan fingerprint density at radius 3 is 2.87 bits per heavy atom. The van der Waals surface area contributed by atoms with Crippen molar-refractivity contribution >= 4 is 0 Å². The summed E-state index contributed by atoms with van der Waals surface area (Å²) in [6, 6.07) is 8.88. The Labute approximate surface area is 140 Å². The zero-order chi connectivity index (χ0) is 16.7. The van der Waals surface area contributed by atoms with Crippen LogP contribution in [0, 0.1) is 0 Å². The molecule has 3 atom stereocenters. The number of ether oxygens (including phenoxy) is 1. The summed E-state index contributed by atoms with van der Waals surface area (Å²) in [5.74, 6) is 1.33. The van der Waals surface area contributed by atoms with Crippen LogP contribution in [0.25, 0.3) is 0 Å². The molecule has 0 radical (unpaired) electrons. The van der Waals surface area contributed by atoms with Crippen LogP contribution >= 0.6 is 0 Å². The van der Waals surface area contributed by atoms with E-state index in [4.69, 9.17) is 4.74 Å². The fourth-order valence-electron chi connectivity index (χ4n) is 3.57. The number of para-hydroxylation sites is 1. The van der Waals surface area contributed by atoms with Gasteiger partial charge in [0.1, 0.15) is 37.6 Å². The Morgan fingerprint density at radius 1 is 1.35 bits per heavy atom. The van der Waals surface area contributed by atoms with Gasteiger partial charge in [0.15, 0.2) is 0 Å². The maximum atomic E-state index is 10.2. The van der Waals surface area contributed by atoms with Crippen molar-refractivity contribution in [2.75, 3.05) is 32.8 Å². The highest BCUT2D eigenvalue weighted by molar-refractivity contribution is 5.35. The summed E-state index contributed by atoms with van der Waals surface area (Å²) in [6.45, 7) is 11.3. The summed E-state index contributed by atoms with van der Waals surface area (Å²) < 4.78 is 5.85. The van der Waals surface area contributed by atoms with Gasteiger partial charge >= 0.3 is 0 Å². The molecule has 23 heavy (non-hydrogen) atoms. The lowest BCUT2D eigenvalue weighted by Crippen LogP contribution is -3.16. The van der Waals surface area contributed by atoms with Gasteiger partial charge in [-0.1, -0.05) is 32.0 Å². The molecule has 1 fully saturated rings. The molecular weight excluding hydrogens is 288 g/mol. The number of aliphatic hydroxyl groups is 1. The Hall–Kier alpha value is -1.10.